The molecule has 0 radical (unpaired) electrons. The first-order valence-corrected chi connectivity index (χ1v) is 8.05. The third kappa shape index (κ3) is 5.92. The van der Waals surface area contributed by atoms with Gasteiger partial charge in [0.2, 0.25) is 0 Å². The van der Waals surface area contributed by atoms with E-state index in [-0.39, 0.29) is 0 Å². The summed E-state index contributed by atoms with van der Waals surface area (Å²) >= 11 is 0. The van der Waals surface area contributed by atoms with Gasteiger partial charge >= 0.3 is 5.97 Å². The number of hydrogen-bond acceptors (Lipinski definition) is 4. The fourth-order valence-electron chi connectivity index (χ4n) is 2.19. The van der Waals surface area contributed by atoms with Crippen LogP contribution in [0.5, 0.6) is 5.75 Å². The van der Waals surface area contributed by atoms with Gasteiger partial charge in [-0.15, -0.1) is 0 Å². The van der Waals surface area contributed by atoms with Crippen molar-refractivity contribution in [3.63, 3.8) is 0 Å². The molecule has 0 spiro atoms. The molecule has 0 saturated heterocycles. The summed E-state index contributed by atoms with van der Waals surface area (Å²) in [6.45, 7) is 5.76. The molecule has 0 atom stereocenters. The van der Waals surface area contributed by atoms with E-state index in [0.29, 0.717) is 23.5 Å². The molecule has 0 aliphatic carbocycles. The van der Waals surface area contributed by atoms with Gasteiger partial charge in [0.15, 0.2) is 6.29 Å². The fourth-order valence-corrected chi connectivity index (χ4v) is 2.19. The maximum atomic E-state index is 11.8. The Bertz CT molecular complexity index is 755. The lowest BCUT2D eigenvalue weighted by atomic mass is 10.1. The maximum absolute atomic E-state index is 11.8. The highest BCUT2D eigenvalue weighted by atomic mass is 16.6. The molecule has 0 bridgehead atoms. The van der Waals surface area contributed by atoms with Crippen LogP contribution in [0, 0.1) is 0 Å². The largest absolute Gasteiger partial charge is 0.488 e. The van der Waals surface area contributed by atoms with Crippen LogP contribution in [0.15, 0.2) is 54.6 Å². The van der Waals surface area contributed by atoms with Crippen molar-refractivity contribution in [2.75, 3.05) is 0 Å². The minimum Gasteiger partial charge on any atom is -0.488 e. The van der Waals surface area contributed by atoms with Crippen LogP contribution < -0.4 is 4.74 Å². The van der Waals surface area contributed by atoms with Gasteiger partial charge in [-0.25, -0.2) is 4.79 Å². The molecule has 0 saturated carbocycles. The second kappa shape index (κ2) is 8.29. The van der Waals surface area contributed by atoms with Gasteiger partial charge in [-0.05, 0) is 44.0 Å². The summed E-state index contributed by atoms with van der Waals surface area (Å²) in [5.74, 6) is 0.0187. The third-order valence-electron chi connectivity index (χ3n) is 3.26. The third-order valence-corrected chi connectivity index (χ3v) is 3.26. The summed E-state index contributed by atoms with van der Waals surface area (Å²) in [6.07, 6.45) is 3.61. The van der Waals surface area contributed by atoms with Gasteiger partial charge in [-0.2, -0.15) is 0 Å². The van der Waals surface area contributed by atoms with E-state index in [1.165, 1.54) is 6.08 Å². The average Bonchev–Trinajstić information content (AvgIpc) is 2.57. The number of hydrogen-bond donors (Lipinski definition) is 0. The topological polar surface area (TPSA) is 52.6 Å². The quantitative estimate of drug-likeness (QED) is 0.444. The molecule has 0 aliphatic heterocycles. The highest BCUT2D eigenvalue weighted by molar-refractivity contribution is 5.91. The van der Waals surface area contributed by atoms with Crippen molar-refractivity contribution in [2.45, 2.75) is 33.0 Å². The van der Waals surface area contributed by atoms with Crippen LogP contribution in [0.2, 0.25) is 0 Å². The number of ether oxygens (including phenoxy) is 2. The maximum Gasteiger partial charge on any atom is 0.331 e. The van der Waals surface area contributed by atoms with E-state index in [1.54, 1.807) is 45.0 Å². The number of carbonyl (C=O) groups excluding carboxylic acids is 2. The van der Waals surface area contributed by atoms with Gasteiger partial charge in [0, 0.05) is 6.08 Å². The van der Waals surface area contributed by atoms with Crippen LogP contribution >= 0.6 is 0 Å². The molecular weight excluding hydrogens is 316 g/mol. The Labute approximate surface area is 148 Å². The Morgan fingerprint density at radius 1 is 1.04 bits per heavy atom. The summed E-state index contributed by atoms with van der Waals surface area (Å²) in [5.41, 5.74) is 1.45. The SMILES string of the molecule is CC(C)(C)OC(=O)/C=C/c1cccc(OCc2ccccc2)c1C=O. The lowest BCUT2D eigenvalue weighted by molar-refractivity contribution is -0.148. The normalized spacial score (nSPS) is 11.3. The van der Waals surface area contributed by atoms with Crippen LogP contribution in [0.1, 0.15) is 42.3 Å². The molecule has 0 amide bonds. The van der Waals surface area contributed by atoms with E-state index in [4.69, 9.17) is 9.47 Å². The highest BCUT2D eigenvalue weighted by Gasteiger charge is 2.14. The van der Waals surface area contributed by atoms with Gasteiger partial charge in [0.25, 0.3) is 0 Å². The second-order valence-electron chi connectivity index (χ2n) is 6.52. The Balaban J connectivity index is 2.14. The number of rotatable bonds is 6. The molecule has 130 valence electrons. The van der Waals surface area contributed by atoms with Crippen molar-refractivity contribution in [3.05, 3.63) is 71.3 Å². The van der Waals surface area contributed by atoms with Crippen LogP contribution in [-0.4, -0.2) is 17.9 Å². The molecule has 25 heavy (non-hydrogen) atoms. The zero-order valence-corrected chi connectivity index (χ0v) is 14.7. The summed E-state index contributed by atoms with van der Waals surface area (Å²) in [5, 5.41) is 0. The van der Waals surface area contributed by atoms with Crippen molar-refractivity contribution >= 4 is 18.3 Å². The van der Waals surface area contributed by atoms with Crippen LogP contribution in [-0.2, 0) is 16.1 Å². The van der Waals surface area contributed by atoms with Crippen molar-refractivity contribution in [2.24, 2.45) is 0 Å². The molecule has 2 aromatic rings. The molecule has 0 aromatic heterocycles. The molecular formula is C21H22O4. The monoisotopic (exact) mass is 338 g/mol. The molecule has 2 aromatic carbocycles. The zero-order chi connectivity index (χ0) is 18.3. The minimum atomic E-state index is -0.560. The van der Waals surface area contributed by atoms with Gasteiger partial charge in [0.05, 0.1) is 5.56 Å². The second-order valence-corrected chi connectivity index (χ2v) is 6.52. The fraction of sp³-hybridized carbons (Fsp3) is 0.238. The first-order chi connectivity index (χ1) is 11.9. The molecule has 4 nitrogen and oxygen atoms in total. The Morgan fingerprint density at radius 2 is 1.76 bits per heavy atom. The predicted octanol–water partition coefficient (Wildman–Crippen LogP) is 4.43. The van der Waals surface area contributed by atoms with Gasteiger partial charge in [-0.3, -0.25) is 4.79 Å². The van der Waals surface area contributed by atoms with Crippen LogP contribution in [0.25, 0.3) is 6.08 Å². The minimum absolute atomic E-state index is 0.362. The smallest absolute Gasteiger partial charge is 0.331 e. The molecule has 0 aliphatic rings. The molecule has 0 heterocycles. The highest BCUT2D eigenvalue weighted by Crippen LogP contribution is 2.23. The lowest BCUT2D eigenvalue weighted by Gasteiger charge is -2.18. The van der Waals surface area contributed by atoms with E-state index >= 15 is 0 Å². The van der Waals surface area contributed by atoms with Crippen molar-refractivity contribution in [1.29, 1.82) is 0 Å². The lowest BCUT2D eigenvalue weighted by Crippen LogP contribution is -2.22. The van der Waals surface area contributed by atoms with Crippen molar-refractivity contribution in [1.82, 2.24) is 0 Å². The Morgan fingerprint density at radius 3 is 2.40 bits per heavy atom. The van der Waals surface area contributed by atoms with Crippen molar-refractivity contribution < 1.29 is 19.1 Å². The predicted molar refractivity (Wildman–Crippen MR) is 97.5 cm³/mol. The first kappa shape index (κ1) is 18.5. The standard InChI is InChI=1S/C21H22O4/c1-21(2,3)25-20(23)13-12-17-10-7-11-19(18(17)14-22)24-15-16-8-5-4-6-9-16/h4-14H,15H2,1-3H3/b13-12+. The molecule has 2 rings (SSSR count). The van der Waals surface area contributed by atoms with E-state index in [0.717, 1.165) is 11.8 Å². The van der Waals surface area contributed by atoms with E-state index in [9.17, 15) is 9.59 Å². The van der Waals surface area contributed by atoms with E-state index in [1.807, 2.05) is 30.3 Å². The van der Waals surface area contributed by atoms with Crippen LogP contribution in [0.4, 0.5) is 0 Å². The number of benzene rings is 2. The zero-order valence-electron chi connectivity index (χ0n) is 14.7. The number of esters is 1. The van der Waals surface area contributed by atoms with Gasteiger partial charge in [0.1, 0.15) is 18.0 Å². The molecule has 0 unspecified atom stereocenters. The van der Waals surface area contributed by atoms with E-state index in [2.05, 4.69) is 0 Å². The summed E-state index contributed by atoms with van der Waals surface area (Å²) < 4.78 is 11.0. The number of carbonyl (C=O) groups is 2. The Hall–Kier alpha value is -2.88. The van der Waals surface area contributed by atoms with Crippen LogP contribution in [0.3, 0.4) is 0 Å². The van der Waals surface area contributed by atoms with Crippen molar-refractivity contribution in [3.8, 4) is 5.75 Å². The van der Waals surface area contributed by atoms with Gasteiger partial charge < -0.3 is 9.47 Å². The average molecular weight is 338 g/mol. The number of aldehydes is 1. The first-order valence-electron chi connectivity index (χ1n) is 8.05. The molecule has 4 heteroatoms. The van der Waals surface area contributed by atoms with Gasteiger partial charge in [-0.1, -0.05) is 42.5 Å². The Kier molecular flexibility index (Phi) is 6.12. The molecule has 0 fully saturated rings. The molecule has 0 N–H and O–H groups in total. The summed E-state index contributed by atoms with van der Waals surface area (Å²) in [4.78, 5) is 23.3. The summed E-state index contributed by atoms with van der Waals surface area (Å²) in [7, 11) is 0. The summed E-state index contributed by atoms with van der Waals surface area (Å²) in [6, 6.07) is 15.0. The van der Waals surface area contributed by atoms with E-state index < -0.39 is 11.6 Å².